The fourth-order valence-corrected chi connectivity index (χ4v) is 1.40. The Kier molecular flexibility index (Phi) is 2.89. The van der Waals surface area contributed by atoms with Crippen molar-refractivity contribution in [2.45, 2.75) is 24.3 Å². The summed E-state index contributed by atoms with van der Waals surface area (Å²) in [6.07, 6.45) is -1.51. The van der Waals surface area contributed by atoms with E-state index in [4.69, 9.17) is 14.6 Å². The minimum absolute atomic E-state index is 0.146. The van der Waals surface area contributed by atoms with Crippen LogP contribution in [0.5, 0.6) is 0 Å². The Morgan fingerprint density at radius 1 is 1.64 bits per heavy atom. The molecule has 0 aliphatic carbocycles. The molecule has 1 aliphatic heterocycles. The molecule has 0 aromatic carbocycles. The fourth-order valence-electron chi connectivity index (χ4n) is 1.40. The molecule has 0 spiro atoms. The fraction of sp³-hybridized carbons (Fsp3) is 1.00. The molecule has 1 saturated heterocycles. The van der Waals surface area contributed by atoms with Gasteiger partial charge in [-0.25, -0.2) is 0 Å². The van der Waals surface area contributed by atoms with Crippen molar-refractivity contribution in [3.05, 3.63) is 0 Å². The summed E-state index contributed by atoms with van der Waals surface area (Å²) in [7, 11) is 3.33. The van der Waals surface area contributed by atoms with Gasteiger partial charge in [-0.2, -0.15) is 0 Å². The second-order valence-corrected chi connectivity index (χ2v) is 2.75. The molecule has 0 amide bonds. The highest BCUT2D eigenvalue weighted by atomic mass is 16.6. The summed E-state index contributed by atoms with van der Waals surface area (Å²) >= 11 is 0. The second kappa shape index (κ2) is 3.54. The Bertz CT molecular complexity index is 132. The lowest BCUT2D eigenvalue weighted by molar-refractivity contribution is -0.0145. The van der Waals surface area contributed by atoms with Crippen molar-refractivity contribution in [1.29, 1.82) is 0 Å². The zero-order valence-corrected chi connectivity index (χ0v) is 6.73. The molecule has 0 radical (unpaired) electrons. The molecule has 5 heteroatoms. The average molecular weight is 160 g/mol. The smallest absolute Gasteiger partial charge is 0.142 e. The van der Waals surface area contributed by atoms with Gasteiger partial charge in [-0.3, -0.25) is 0 Å². The van der Waals surface area contributed by atoms with Crippen molar-refractivity contribution in [3.8, 4) is 0 Å². The number of aliphatic hydroxyl groups is 2. The highest BCUT2D eigenvalue weighted by Crippen LogP contribution is 2.20. The summed E-state index contributed by atoms with van der Waals surface area (Å²) in [5.41, 5.74) is 0. The summed E-state index contributed by atoms with van der Waals surface area (Å²) < 4.78 is 10.2. The van der Waals surface area contributed by atoms with E-state index in [1.807, 2.05) is 7.85 Å². The number of hydrogen-bond acceptors (Lipinski definition) is 4. The topological polar surface area (TPSA) is 58.9 Å². The number of rotatable bonds is 2. The van der Waals surface area contributed by atoms with Gasteiger partial charge in [-0.1, -0.05) is 0 Å². The Hall–Kier alpha value is -0.0951. The minimum Gasteiger partial charge on any atom is -0.394 e. The Labute approximate surface area is 66.5 Å². The molecule has 4 nitrogen and oxygen atoms in total. The van der Waals surface area contributed by atoms with Gasteiger partial charge in [0, 0.05) is 7.11 Å². The largest absolute Gasteiger partial charge is 0.394 e. The average Bonchev–Trinajstić information content (AvgIpc) is 2.26. The van der Waals surface area contributed by atoms with Crippen LogP contribution in [0.1, 0.15) is 0 Å². The van der Waals surface area contributed by atoms with Crippen molar-refractivity contribution in [1.82, 2.24) is 0 Å². The molecule has 1 heterocycles. The van der Waals surface area contributed by atoms with E-state index in [1.54, 1.807) is 0 Å². The number of methoxy groups -OCH3 is 1. The second-order valence-electron chi connectivity index (χ2n) is 2.75. The first-order valence-corrected chi connectivity index (χ1v) is 3.68. The summed E-state index contributed by atoms with van der Waals surface area (Å²) in [5.74, 6) is 0. The zero-order valence-electron chi connectivity index (χ0n) is 6.73. The van der Waals surface area contributed by atoms with Crippen LogP contribution < -0.4 is 0 Å². The molecule has 0 aromatic rings. The number of aliphatic hydroxyl groups excluding tert-OH is 2. The molecule has 4 atom stereocenters. The van der Waals surface area contributed by atoms with E-state index in [0.717, 1.165) is 0 Å². The van der Waals surface area contributed by atoms with E-state index in [2.05, 4.69) is 0 Å². The first-order chi connectivity index (χ1) is 5.20. The monoisotopic (exact) mass is 160 g/mol. The van der Waals surface area contributed by atoms with E-state index in [-0.39, 0.29) is 18.7 Å². The molecule has 11 heavy (non-hydrogen) atoms. The van der Waals surface area contributed by atoms with Crippen LogP contribution >= 0.6 is 0 Å². The third-order valence-corrected chi connectivity index (χ3v) is 2.02. The lowest BCUT2D eigenvalue weighted by atomic mass is 9.93. The molecule has 1 unspecified atom stereocenters. The molecule has 0 saturated carbocycles. The molecular formula is C6H13BO4. The van der Waals surface area contributed by atoms with Crippen LogP contribution in [0.2, 0.25) is 0 Å². The van der Waals surface area contributed by atoms with Crippen molar-refractivity contribution in [2.75, 3.05) is 13.7 Å². The van der Waals surface area contributed by atoms with Crippen molar-refractivity contribution in [3.63, 3.8) is 0 Å². The maximum atomic E-state index is 9.41. The molecule has 1 fully saturated rings. The van der Waals surface area contributed by atoms with Gasteiger partial charge in [-0.05, 0) is 0 Å². The Morgan fingerprint density at radius 3 is 2.55 bits per heavy atom. The predicted octanol–water partition coefficient (Wildman–Crippen LogP) is -2.29. The summed E-state index contributed by atoms with van der Waals surface area (Å²) in [4.78, 5) is 0. The van der Waals surface area contributed by atoms with Gasteiger partial charge in [-0.15, -0.1) is 0 Å². The maximum absolute atomic E-state index is 9.41. The highest BCUT2D eigenvalue weighted by Gasteiger charge is 2.40. The molecular weight excluding hydrogens is 147 g/mol. The van der Waals surface area contributed by atoms with Gasteiger partial charge >= 0.3 is 0 Å². The third kappa shape index (κ3) is 1.56. The van der Waals surface area contributed by atoms with Crippen LogP contribution in [-0.2, 0) is 9.47 Å². The van der Waals surface area contributed by atoms with E-state index in [0.29, 0.717) is 0 Å². The van der Waals surface area contributed by atoms with Gasteiger partial charge in [0.1, 0.15) is 26.2 Å². The first-order valence-electron chi connectivity index (χ1n) is 3.68. The van der Waals surface area contributed by atoms with Gasteiger partial charge < -0.3 is 19.7 Å². The van der Waals surface area contributed by atoms with E-state index in [1.165, 1.54) is 7.11 Å². The van der Waals surface area contributed by atoms with Gasteiger partial charge in [0.2, 0.25) is 0 Å². The number of hydrogen-bond donors (Lipinski definition) is 2. The minimum atomic E-state index is -0.708. The predicted molar refractivity (Wildman–Crippen MR) is 41.1 cm³/mol. The molecule has 0 aromatic heterocycles. The van der Waals surface area contributed by atoms with Crippen molar-refractivity contribution < 1.29 is 19.7 Å². The van der Waals surface area contributed by atoms with Gasteiger partial charge in [0.25, 0.3) is 0 Å². The number of ether oxygens (including phenoxy) is 2. The highest BCUT2D eigenvalue weighted by molar-refractivity contribution is 6.11. The molecule has 0 bridgehead atoms. The Balaban J connectivity index is 2.55. The third-order valence-electron chi connectivity index (χ3n) is 2.02. The molecule has 64 valence electrons. The normalized spacial score (nSPS) is 44.6. The van der Waals surface area contributed by atoms with Crippen molar-refractivity contribution in [2.24, 2.45) is 0 Å². The van der Waals surface area contributed by atoms with Gasteiger partial charge in [0.05, 0.1) is 12.6 Å². The molecule has 1 aliphatic rings. The summed E-state index contributed by atoms with van der Waals surface area (Å²) in [5, 5.41) is 18.1. The van der Waals surface area contributed by atoms with Crippen LogP contribution in [0.25, 0.3) is 0 Å². The lowest BCUT2D eigenvalue weighted by Crippen LogP contribution is -2.35. The molecule has 1 rings (SSSR count). The van der Waals surface area contributed by atoms with Crippen LogP contribution in [0, 0.1) is 0 Å². The van der Waals surface area contributed by atoms with Crippen LogP contribution in [0.3, 0.4) is 0 Å². The van der Waals surface area contributed by atoms with E-state index in [9.17, 15) is 5.11 Å². The summed E-state index contributed by atoms with van der Waals surface area (Å²) in [6.45, 7) is -0.161. The standard InChI is InChI=1S/C6H13BO4/c1-10-5-4(9)3(2-8)11-6(5)7/h3-6,8-9H,2,7H2,1H3/t3-,4?,5+,6-/m1/s1. The zero-order chi connectivity index (χ0) is 8.43. The lowest BCUT2D eigenvalue weighted by Gasteiger charge is -2.15. The Morgan fingerprint density at radius 2 is 2.27 bits per heavy atom. The quantitative estimate of drug-likeness (QED) is 0.446. The first kappa shape index (κ1) is 9.00. The SMILES string of the molecule is B[C@@H]1O[C@H](CO)C(O)[C@@H]1OC. The maximum Gasteiger partial charge on any atom is 0.142 e. The summed E-state index contributed by atoms with van der Waals surface area (Å²) in [6, 6.07) is -0.146. The van der Waals surface area contributed by atoms with Crippen molar-refractivity contribution >= 4 is 7.85 Å². The van der Waals surface area contributed by atoms with Crippen LogP contribution in [-0.4, -0.2) is 56.1 Å². The van der Waals surface area contributed by atoms with E-state index >= 15 is 0 Å². The van der Waals surface area contributed by atoms with Crippen LogP contribution in [0.15, 0.2) is 0 Å². The van der Waals surface area contributed by atoms with E-state index < -0.39 is 12.2 Å². The van der Waals surface area contributed by atoms with Gasteiger partial charge in [0.15, 0.2) is 0 Å². The van der Waals surface area contributed by atoms with Crippen LogP contribution in [0.4, 0.5) is 0 Å². The molecule has 2 N–H and O–H groups in total.